The minimum absolute atomic E-state index is 0.370. The first-order valence-electron chi connectivity index (χ1n) is 5.63. The van der Waals surface area contributed by atoms with Crippen LogP contribution < -0.4 is 4.74 Å². The average Bonchev–Trinajstić information content (AvgIpc) is 2.70. The summed E-state index contributed by atoms with van der Waals surface area (Å²) in [4.78, 5) is 16.1. The lowest BCUT2D eigenvalue weighted by Gasteiger charge is -2.08. The van der Waals surface area contributed by atoms with Gasteiger partial charge in [0.05, 0.1) is 11.3 Å². The lowest BCUT2D eigenvalue weighted by atomic mass is 10.1. The Labute approximate surface area is 116 Å². The number of rotatable bonds is 4. The average molecular weight is 278 g/mol. The van der Waals surface area contributed by atoms with E-state index in [0.717, 1.165) is 0 Å². The zero-order chi connectivity index (χ0) is 13.8. The molecule has 0 fully saturated rings. The molecule has 0 bridgehead atoms. The van der Waals surface area contributed by atoms with Crippen molar-refractivity contribution in [3.8, 4) is 5.75 Å². The maximum Gasteiger partial charge on any atom is 0.367 e. The smallest absolute Gasteiger partial charge is 0.367 e. The fourth-order valence-corrected chi connectivity index (χ4v) is 1.77. The summed E-state index contributed by atoms with van der Waals surface area (Å²) < 4.78 is 5.51. The molecule has 0 aliphatic carbocycles. The van der Waals surface area contributed by atoms with Gasteiger partial charge in [-0.3, -0.25) is 0 Å². The van der Waals surface area contributed by atoms with Crippen LogP contribution in [0.5, 0.6) is 5.75 Å². The van der Waals surface area contributed by atoms with Gasteiger partial charge in [-0.2, -0.15) is 0 Å². The number of oxime groups is 1. The summed E-state index contributed by atoms with van der Waals surface area (Å²) in [6.45, 7) is 5.66. The topological polar surface area (TPSA) is 47.9 Å². The van der Waals surface area contributed by atoms with Gasteiger partial charge in [-0.1, -0.05) is 29.4 Å². The van der Waals surface area contributed by atoms with Crippen molar-refractivity contribution in [2.75, 3.05) is 6.61 Å². The molecule has 2 rings (SSSR count). The van der Waals surface area contributed by atoms with Crippen molar-refractivity contribution >= 4 is 29.4 Å². The number of hydrogen-bond donors (Lipinski definition) is 0. The minimum Gasteiger partial charge on any atom is -0.489 e. The van der Waals surface area contributed by atoms with E-state index in [1.54, 1.807) is 37.3 Å². The largest absolute Gasteiger partial charge is 0.489 e. The third-order valence-corrected chi connectivity index (χ3v) is 2.74. The van der Waals surface area contributed by atoms with E-state index in [9.17, 15) is 4.79 Å². The summed E-state index contributed by atoms with van der Waals surface area (Å²) in [5, 5.41) is 4.17. The number of halogens is 1. The van der Waals surface area contributed by atoms with Crippen molar-refractivity contribution in [1.82, 2.24) is 0 Å². The first kappa shape index (κ1) is 13.4. The quantitative estimate of drug-likeness (QED) is 0.482. The summed E-state index contributed by atoms with van der Waals surface area (Å²) >= 11 is 5.96. The van der Waals surface area contributed by atoms with Crippen LogP contribution in [0.15, 0.2) is 41.6 Å². The monoisotopic (exact) mass is 277 g/mol. The fourth-order valence-electron chi connectivity index (χ4n) is 1.59. The number of ether oxygens (including phenoxy) is 1. The Morgan fingerprint density at radius 2 is 2.32 bits per heavy atom. The van der Waals surface area contributed by atoms with Crippen LogP contribution in [-0.4, -0.2) is 18.3 Å². The van der Waals surface area contributed by atoms with Gasteiger partial charge in [0.2, 0.25) is 0 Å². The second-order valence-electron chi connectivity index (χ2n) is 3.90. The van der Waals surface area contributed by atoms with Gasteiger partial charge >= 0.3 is 5.97 Å². The van der Waals surface area contributed by atoms with E-state index in [0.29, 0.717) is 34.2 Å². The molecule has 1 aromatic rings. The Balaban J connectivity index is 2.40. The van der Waals surface area contributed by atoms with Crippen molar-refractivity contribution in [2.24, 2.45) is 5.16 Å². The second-order valence-corrected chi connectivity index (χ2v) is 4.33. The number of benzene rings is 1. The zero-order valence-corrected chi connectivity index (χ0v) is 11.1. The van der Waals surface area contributed by atoms with Crippen LogP contribution in [0.3, 0.4) is 0 Å². The Morgan fingerprint density at radius 1 is 1.53 bits per heavy atom. The fraction of sp³-hybridized carbons (Fsp3) is 0.143. The first-order chi connectivity index (χ1) is 9.11. The third kappa shape index (κ3) is 3.03. The van der Waals surface area contributed by atoms with Crippen LogP contribution in [-0.2, 0) is 9.63 Å². The van der Waals surface area contributed by atoms with Gasteiger partial charge in [0.1, 0.15) is 12.4 Å². The molecule has 0 aromatic heterocycles. The summed E-state index contributed by atoms with van der Waals surface area (Å²) in [6, 6.07) is 5.17. The van der Waals surface area contributed by atoms with Crippen molar-refractivity contribution in [3.63, 3.8) is 0 Å². The molecule has 0 spiro atoms. The number of nitrogens with zero attached hydrogens (tertiary/aromatic N) is 1. The highest BCUT2D eigenvalue weighted by Crippen LogP contribution is 2.27. The predicted molar refractivity (Wildman–Crippen MR) is 74.3 cm³/mol. The van der Waals surface area contributed by atoms with Crippen LogP contribution in [0.4, 0.5) is 0 Å². The number of carbonyl (C=O) groups is 1. The molecule has 1 aliphatic rings. The highest BCUT2D eigenvalue weighted by molar-refractivity contribution is 6.31. The van der Waals surface area contributed by atoms with Crippen LogP contribution >= 0.6 is 11.6 Å². The van der Waals surface area contributed by atoms with E-state index >= 15 is 0 Å². The van der Waals surface area contributed by atoms with E-state index in [2.05, 4.69) is 16.6 Å². The lowest BCUT2D eigenvalue weighted by molar-refractivity contribution is -0.136. The third-order valence-electron chi connectivity index (χ3n) is 2.50. The maximum atomic E-state index is 11.5. The number of hydrogen-bond acceptors (Lipinski definition) is 4. The van der Waals surface area contributed by atoms with Gasteiger partial charge in [0.15, 0.2) is 0 Å². The molecule has 0 amide bonds. The van der Waals surface area contributed by atoms with E-state index in [1.807, 2.05) is 0 Å². The predicted octanol–water partition coefficient (Wildman–Crippen LogP) is 3.22. The van der Waals surface area contributed by atoms with Gasteiger partial charge < -0.3 is 9.57 Å². The molecule has 4 nitrogen and oxygen atoms in total. The SMILES string of the molecule is C=CCOc1ccc(Cl)cc1/C=C1/C(=O)ON=C1C. The van der Waals surface area contributed by atoms with E-state index < -0.39 is 5.97 Å². The lowest BCUT2D eigenvalue weighted by Crippen LogP contribution is -2.02. The van der Waals surface area contributed by atoms with Gasteiger partial charge in [-0.25, -0.2) is 4.79 Å². The standard InChI is InChI=1S/C14H12ClNO3/c1-3-6-18-13-5-4-11(15)7-10(13)8-12-9(2)16-19-14(12)17/h3-5,7-8H,1,6H2,2H3/b12-8+. The summed E-state index contributed by atoms with van der Waals surface area (Å²) in [6.07, 6.45) is 3.29. The maximum absolute atomic E-state index is 11.5. The van der Waals surface area contributed by atoms with E-state index in [1.165, 1.54) is 0 Å². The molecule has 0 unspecified atom stereocenters. The Morgan fingerprint density at radius 3 is 2.95 bits per heavy atom. The molecule has 1 heterocycles. The molecule has 0 atom stereocenters. The van der Waals surface area contributed by atoms with Crippen molar-refractivity contribution < 1.29 is 14.4 Å². The second kappa shape index (κ2) is 5.71. The van der Waals surface area contributed by atoms with Crippen LogP contribution in [0.25, 0.3) is 6.08 Å². The molecule has 0 saturated heterocycles. The Kier molecular flexibility index (Phi) is 4.02. The van der Waals surface area contributed by atoms with Gasteiger partial charge in [0.25, 0.3) is 0 Å². The highest BCUT2D eigenvalue weighted by atomic mass is 35.5. The van der Waals surface area contributed by atoms with Crippen LogP contribution in [0.2, 0.25) is 5.02 Å². The zero-order valence-electron chi connectivity index (χ0n) is 10.4. The molecular formula is C14H12ClNO3. The molecule has 1 aliphatic heterocycles. The van der Waals surface area contributed by atoms with Crippen molar-refractivity contribution in [1.29, 1.82) is 0 Å². The molecule has 1 aromatic carbocycles. The molecule has 0 saturated carbocycles. The summed E-state index contributed by atoms with van der Waals surface area (Å²) in [5.41, 5.74) is 1.61. The number of carbonyl (C=O) groups excluding carboxylic acids is 1. The molecule has 0 radical (unpaired) electrons. The Hall–Kier alpha value is -2.07. The van der Waals surface area contributed by atoms with Crippen LogP contribution in [0.1, 0.15) is 12.5 Å². The molecule has 0 N–H and O–H groups in total. The summed E-state index contributed by atoms with van der Waals surface area (Å²) in [7, 11) is 0. The first-order valence-corrected chi connectivity index (χ1v) is 6.01. The molecular weight excluding hydrogens is 266 g/mol. The van der Waals surface area contributed by atoms with Crippen molar-refractivity contribution in [2.45, 2.75) is 6.92 Å². The normalized spacial score (nSPS) is 16.2. The molecule has 19 heavy (non-hydrogen) atoms. The van der Waals surface area contributed by atoms with Gasteiger partial charge in [-0.15, -0.1) is 0 Å². The van der Waals surface area contributed by atoms with E-state index in [-0.39, 0.29) is 0 Å². The summed E-state index contributed by atoms with van der Waals surface area (Å²) in [5.74, 6) is 0.136. The van der Waals surface area contributed by atoms with Crippen molar-refractivity contribution in [3.05, 3.63) is 47.0 Å². The highest BCUT2D eigenvalue weighted by Gasteiger charge is 2.22. The van der Waals surface area contributed by atoms with Gasteiger partial charge in [0, 0.05) is 10.6 Å². The van der Waals surface area contributed by atoms with Gasteiger partial charge in [-0.05, 0) is 31.2 Å². The Bertz CT molecular complexity index is 590. The molecule has 98 valence electrons. The minimum atomic E-state index is -0.479. The molecule has 5 heteroatoms. The van der Waals surface area contributed by atoms with E-state index in [4.69, 9.17) is 16.3 Å². The van der Waals surface area contributed by atoms with Crippen LogP contribution in [0, 0.1) is 0 Å².